The van der Waals surface area contributed by atoms with Gasteiger partial charge in [-0.15, -0.1) is 0 Å². The fraction of sp³-hybridized carbons (Fsp3) is 0.0769. The zero-order chi connectivity index (χ0) is 11.5. The van der Waals surface area contributed by atoms with Gasteiger partial charge >= 0.3 is 0 Å². The number of hydrogen-bond acceptors (Lipinski definition) is 2. The highest BCUT2D eigenvalue weighted by atomic mass is 79.9. The van der Waals surface area contributed by atoms with Gasteiger partial charge < -0.3 is 9.52 Å². The van der Waals surface area contributed by atoms with Gasteiger partial charge in [0.15, 0.2) is 5.42 Å². The van der Waals surface area contributed by atoms with E-state index in [0.29, 0.717) is 5.42 Å². The van der Waals surface area contributed by atoms with Crippen molar-refractivity contribution in [3.05, 3.63) is 57.3 Å². The first-order chi connectivity index (χ1) is 7.66. The fourth-order valence-electron chi connectivity index (χ4n) is 1.47. The predicted molar refractivity (Wildman–Crippen MR) is 67.4 cm³/mol. The molecular weight excluding hydrogens is 268 g/mol. The highest BCUT2D eigenvalue weighted by molar-refractivity contribution is 9.10. The number of halogens is 1. The van der Waals surface area contributed by atoms with Crippen LogP contribution in [-0.4, -0.2) is 5.11 Å². The number of rotatable bonds is 1. The highest BCUT2D eigenvalue weighted by Gasteiger charge is 1.94. The van der Waals surface area contributed by atoms with Crippen LogP contribution in [0.15, 0.2) is 45.5 Å². The molecule has 1 aromatic heterocycles. The summed E-state index contributed by atoms with van der Waals surface area (Å²) in [6.45, 7) is 1.61. The standard InChI is InChI=1S/C13H11BrO2/c1-9(15)13-11(6-7-16-13)8-10-2-4-12(14)5-3-10/h2-8,15H,1H3. The van der Waals surface area contributed by atoms with E-state index < -0.39 is 0 Å². The first kappa shape index (κ1) is 11.0. The van der Waals surface area contributed by atoms with Gasteiger partial charge in [0, 0.05) is 9.69 Å². The number of hydrogen-bond donors (Lipinski definition) is 1. The first-order valence-corrected chi connectivity index (χ1v) is 5.67. The van der Waals surface area contributed by atoms with E-state index in [-0.39, 0.29) is 5.76 Å². The molecule has 0 amide bonds. The van der Waals surface area contributed by atoms with Crippen LogP contribution in [-0.2, 0) is 0 Å². The maximum absolute atomic E-state index is 9.41. The monoisotopic (exact) mass is 278 g/mol. The van der Waals surface area contributed by atoms with Gasteiger partial charge in [-0.05, 0) is 36.8 Å². The van der Waals surface area contributed by atoms with Crippen LogP contribution in [0.3, 0.4) is 0 Å². The van der Waals surface area contributed by atoms with Gasteiger partial charge in [-0.1, -0.05) is 28.1 Å². The predicted octanol–water partition coefficient (Wildman–Crippen LogP) is 2.56. The van der Waals surface area contributed by atoms with E-state index in [2.05, 4.69) is 15.9 Å². The fourth-order valence-corrected chi connectivity index (χ4v) is 1.73. The van der Waals surface area contributed by atoms with E-state index >= 15 is 0 Å². The third-order valence-corrected chi connectivity index (χ3v) is 2.75. The van der Waals surface area contributed by atoms with Crippen molar-refractivity contribution in [1.82, 2.24) is 0 Å². The molecule has 0 fully saturated rings. The molecule has 0 unspecified atom stereocenters. The first-order valence-electron chi connectivity index (χ1n) is 4.87. The molecule has 16 heavy (non-hydrogen) atoms. The maximum atomic E-state index is 9.41. The topological polar surface area (TPSA) is 33.4 Å². The number of furan rings is 1. The molecule has 1 heterocycles. The van der Waals surface area contributed by atoms with Gasteiger partial charge in [-0.3, -0.25) is 0 Å². The molecule has 0 spiro atoms. The van der Waals surface area contributed by atoms with Crippen LogP contribution >= 0.6 is 15.9 Å². The van der Waals surface area contributed by atoms with E-state index in [1.54, 1.807) is 13.2 Å². The Bertz CT molecular complexity index is 590. The summed E-state index contributed by atoms with van der Waals surface area (Å²) >= 11 is 3.38. The molecule has 3 heteroatoms. The molecule has 0 bridgehead atoms. The Morgan fingerprint density at radius 2 is 1.94 bits per heavy atom. The molecule has 0 aliphatic heterocycles. The third-order valence-electron chi connectivity index (χ3n) is 2.22. The van der Waals surface area contributed by atoms with Crippen LogP contribution in [0.4, 0.5) is 0 Å². The van der Waals surface area contributed by atoms with Gasteiger partial charge in [-0.2, -0.15) is 0 Å². The van der Waals surface area contributed by atoms with E-state index in [9.17, 15) is 5.11 Å². The van der Waals surface area contributed by atoms with Gasteiger partial charge in [0.25, 0.3) is 0 Å². The second-order valence-electron chi connectivity index (χ2n) is 3.49. The summed E-state index contributed by atoms with van der Waals surface area (Å²) in [5, 5.41) is 10.3. The van der Waals surface area contributed by atoms with Gasteiger partial charge in [0.2, 0.25) is 0 Å². The Morgan fingerprint density at radius 3 is 2.56 bits per heavy atom. The summed E-state index contributed by atoms with van der Waals surface area (Å²) in [6, 6.07) is 9.76. The highest BCUT2D eigenvalue weighted by Crippen LogP contribution is 2.10. The summed E-state index contributed by atoms with van der Waals surface area (Å²) in [5.74, 6) is 0.188. The number of benzene rings is 1. The lowest BCUT2D eigenvalue weighted by Gasteiger charge is -1.92. The Balaban J connectivity index is 2.56. The average molecular weight is 279 g/mol. The van der Waals surface area contributed by atoms with Gasteiger partial charge in [-0.25, -0.2) is 0 Å². The SMILES string of the molecule is CC(O)=c1occc1=Cc1ccc(Br)cc1. The van der Waals surface area contributed by atoms with Crippen molar-refractivity contribution < 1.29 is 9.52 Å². The Hall–Kier alpha value is -1.48. The zero-order valence-electron chi connectivity index (χ0n) is 8.77. The second-order valence-corrected chi connectivity index (χ2v) is 4.40. The summed E-state index contributed by atoms with van der Waals surface area (Å²) in [7, 11) is 0. The zero-order valence-corrected chi connectivity index (χ0v) is 10.4. The van der Waals surface area contributed by atoms with E-state index in [4.69, 9.17) is 4.42 Å². The number of aliphatic hydroxyl groups is 1. The second kappa shape index (κ2) is 4.58. The minimum Gasteiger partial charge on any atom is -0.509 e. The molecule has 1 N–H and O–H groups in total. The lowest BCUT2D eigenvalue weighted by atomic mass is 10.2. The van der Waals surface area contributed by atoms with Crippen molar-refractivity contribution in [1.29, 1.82) is 0 Å². The summed E-state index contributed by atoms with van der Waals surface area (Å²) in [4.78, 5) is 0. The molecular formula is C13H11BrO2. The summed E-state index contributed by atoms with van der Waals surface area (Å²) in [5.41, 5.74) is 1.58. The van der Waals surface area contributed by atoms with Gasteiger partial charge in [0.1, 0.15) is 5.76 Å². The van der Waals surface area contributed by atoms with Crippen molar-refractivity contribution in [3.8, 4) is 0 Å². The van der Waals surface area contributed by atoms with Crippen LogP contribution in [0.5, 0.6) is 0 Å². The Labute approximate surface area is 102 Å². The maximum Gasteiger partial charge on any atom is 0.170 e. The molecule has 0 saturated heterocycles. The summed E-state index contributed by atoms with van der Waals surface area (Å²) in [6.07, 6.45) is 3.53. The lowest BCUT2D eigenvalue weighted by molar-refractivity contribution is 0.451. The van der Waals surface area contributed by atoms with Crippen molar-refractivity contribution >= 4 is 27.8 Å². The molecule has 0 atom stereocenters. The average Bonchev–Trinajstić information content (AvgIpc) is 2.69. The minimum atomic E-state index is 0.188. The molecule has 82 valence electrons. The molecule has 0 saturated carbocycles. The molecule has 2 nitrogen and oxygen atoms in total. The van der Waals surface area contributed by atoms with Crippen molar-refractivity contribution in [2.75, 3.05) is 0 Å². The van der Waals surface area contributed by atoms with Crippen LogP contribution in [0.2, 0.25) is 0 Å². The number of aliphatic hydroxyl groups excluding tert-OH is 1. The Morgan fingerprint density at radius 1 is 1.25 bits per heavy atom. The van der Waals surface area contributed by atoms with Crippen LogP contribution in [0.25, 0.3) is 11.8 Å². The van der Waals surface area contributed by atoms with Crippen molar-refractivity contribution in [2.24, 2.45) is 0 Å². The molecule has 0 radical (unpaired) electrons. The van der Waals surface area contributed by atoms with Gasteiger partial charge in [0.05, 0.1) is 6.26 Å². The molecule has 1 aromatic carbocycles. The minimum absolute atomic E-state index is 0.188. The van der Waals surface area contributed by atoms with Crippen LogP contribution in [0.1, 0.15) is 12.5 Å². The van der Waals surface area contributed by atoms with Crippen LogP contribution in [0, 0.1) is 0 Å². The van der Waals surface area contributed by atoms with Crippen molar-refractivity contribution in [2.45, 2.75) is 6.92 Å². The lowest BCUT2D eigenvalue weighted by Crippen LogP contribution is -2.21. The molecule has 0 aliphatic carbocycles. The van der Waals surface area contributed by atoms with E-state index in [1.807, 2.05) is 36.4 Å². The molecule has 0 aliphatic rings. The molecule has 2 aromatic rings. The molecule has 2 rings (SSSR count). The van der Waals surface area contributed by atoms with E-state index in [1.165, 1.54) is 0 Å². The normalized spacial score (nSPS) is 14.0. The smallest absolute Gasteiger partial charge is 0.170 e. The van der Waals surface area contributed by atoms with E-state index in [0.717, 1.165) is 15.3 Å². The third kappa shape index (κ3) is 2.36. The van der Waals surface area contributed by atoms with Crippen LogP contribution < -0.4 is 10.6 Å². The van der Waals surface area contributed by atoms with Crippen molar-refractivity contribution in [3.63, 3.8) is 0 Å². The Kier molecular flexibility index (Phi) is 3.15. The largest absolute Gasteiger partial charge is 0.509 e. The summed E-state index contributed by atoms with van der Waals surface area (Å²) < 4.78 is 6.24. The quantitative estimate of drug-likeness (QED) is 0.870.